The monoisotopic (exact) mass is 259 g/mol. The zero-order chi connectivity index (χ0) is 13.4. The Morgan fingerprint density at radius 3 is 3.05 bits per heavy atom. The summed E-state index contributed by atoms with van der Waals surface area (Å²) in [7, 11) is 0. The Morgan fingerprint density at radius 1 is 1.47 bits per heavy atom. The van der Waals surface area contributed by atoms with Gasteiger partial charge in [-0.15, -0.1) is 0 Å². The molecule has 1 fully saturated rings. The van der Waals surface area contributed by atoms with E-state index in [1.807, 2.05) is 33.7 Å². The molecule has 0 saturated carbocycles. The summed E-state index contributed by atoms with van der Waals surface area (Å²) in [4.78, 5) is 18.1. The molecule has 1 atom stereocenters. The number of primary amides is 1. The van der Waals surface area contributed by atoms with Gasteiger partial charge >= 0.3 is 0 Å². The number of nitrogens with two attached hydrogens (primary N) is 2. The lowest BCUT2D eigenvalue weighted by Gasteiger charge is -2.23. The molecule has 2 aromatic heterocycles. The molecule has 1 aliphatic rings. The molecule has 0 radical (unpaired) electrons. The zero-order valence-corrected chi connectivity index (χ0v) is 10.6. The van der Waals surface area contributed by atoms with Gasteiger partial charge in [0.25, 0.3) is 0 Å². The van der Waals surface area contributed by atoms with Crippen molar-refractivity contribution in [2.45, 2.75) is 25.4 Å². The van der Waals surface area contributed by atoms with Crippen LogP contribution in [-0.4, -0.2) is 27.9 Å². The Labute approximate surface area is 111 Å². The first-order valence-corrected chi connectivity index (χ1v) is 6.44. The molecule has 3 rings (SSSR count). The lowest BCUT2D eigenvalue weighted by atomic mass is 10.2. The molecule has 3 heterocycles. The highest BCUT2D eigenvalue weighted by Gasteiger charge is 2.32. The third-order valence-corrected chi connectivity index (χ3v) is 3.65. The number of hydrogen-bond acceptors (Lipinski definition) is 4. The number of hydrogen-bond donors (Lipinski definition) is 2. The molecule has 0 bridgehead atoms. The molecule has 1 unspecified atom stereocenters. The van der Waals surface area contributed by atoms with E-state index in [-0.39, 0.29) is 11.9 Å². The van der Waals surface area contributed by atoms with E-state index >= 15 is 0 Å². The van der Waals surface area contributed by atoms with Gasteiger partial charge < -0.3 is 20.8 Å². The van der Waals surface area contributed by atoms with Gasteiger partial charge in [0.05, 0.1) is 5.69 Å². The number of anilines is 1. The summed E-state index contributed by atoms with van der Waals surface area (Å²) in [5.74, 6) is 0.493. The fraction of sp³-hybridized carbons (Fsp3) is 0.385. The Morgan fingerprint density at radius 2 is 2.32 bits per heavy atom. The SMILES string of the molecule is NCc1c(N2CCCC2C(N)=O)nc2ccccn12. The average molecular weight is 259 g/mol. The van der Waals surface area contributed by atoms with Gasteiger partial charge in [-0.05, 0) is 25.0 Å². The number of fused-ring (bicyclic) bond motifs is 1. The lowest BCUT2D eigenvalue weighted by molar-refractivity contribution is -0.119. The second-order valence-corrected chi connectivity index (χ2v) is 4.77. The molecule has 1 amide bonds. The second kappa shape index (κ2) is 4.55. The largest absolute Gasteiger partial charge is 0.368 e. The maximum Gasteiger partial charge on any atom is 0.240 e. The quantitative estimate of drug-likeness (QED) is 0.826. The topological polar surface area (TPSA) is 89.6 Å². The second-order valence-electron chi connectivity index (χ2n) is 4.77. The van der Waals surface area contributed by atoms with Crippen molar-refractivity contribution in [3.05, 3.63) is 30.1 Å². The predicted molar refractivity (Wildman–Crippen MR) is 72.6 cm³/mol. The van der Waals surface area contributed by atoms with Crippen LogP contribution >= 0.6 is 0 Å². The predicted octanol–water partition coefficient (Wildman–Crippen LogP) is 0.247. The van der Waals surface area contributed by atoms with Crippen LogP contribution in [-0.2, 0) is 11.3 Å². The summed E-state index contributed by atoms with van der Waals surface area (Å²) in [6.45, 7) is 1.17. The number of nitrogens with zero attached hydrogens (tertiary/aromatic N) is 3. The Balaban J connectivity index is 2.11. The van der Waals surface area contributed by atoms with Crippen LogP contribution in [0.15, 0.2) is 24.4 Å². The molecular weight excluding hydrogens is 242 g/mol. The first-order chi connectivity index (χ1) is 9.22. The highest BCUT2D eigenvalue weighted by atomic mass is 16.1. The van der Waals surface area contributed by atoms with Gasteiger partial charge in [0.1, 0.15) is 11.7 Å². The zero-order valence-electron chi connectivity index (χ0n) is 10.6. The minimum atomic E-state index is -0.294. The molecule has 100 valence electrons. The van der Waals surface area contributed by atoms with Gasteiger partial charge in [-0.25, -0.2) is 4.98 Å². The van der Waals surface area contributed by atoms with E-state index in [0.29, 0.717) is 6.54 Å². The number of aromatic nitrogens is 2. The van der Waals surface area contributed by atoms with Gasteiger partial charge in [0.2, 0.25) is 5.91 Å². The molecule has 4 N–H and O–H groups in total. The number of amides is 1. The third kappa shape index (κ3) is 1.84. The van der Waals surface area contributed by atoms with Crippen molar-refractivity contribution in [2.75, 3.05) is 11.4 Å². The number of imidazole rings is 1. The molecule has 0 aromatic carbocycles. The first kappa shape index (κ1) is 12.0. The minimum Gasteiger partial charge on any atom is -0.368 e. The number of carbonyl (C=O) groups is 1. The van der Waals surface area contributed by atoms with E-state index in [2.05, 4.69) is 4.98 Å². The molecule has 6 heteroatoms. The Bertz CT molecular complexity index is 621. The molecule has 1 aliphatic heterocycles. The maximum atomic E-state index is 11.5. The molecule has 0 aliphatic carbocycles. The average Bonchev–Trinajstić information content (AvgIpc) is 3.02. The first-order valence-electron chi connectivity index (χ1n) is 6.44. The minimum absolute atomic E-state index is 0.268. The number of rotatable bonds is 3. The maximum absolute atomic E-state index is 11.5. The molecule has 1 saturated heterocycles. The Hall–Kier alpha value is -2.08. The van der Waals surface area contributed by atoms with E-state index in [4.69, 9.17) is 11.5 Å². The van der Waals surface area contributed by atoms with Crippen LogP contribution in [0.3, 0.4) is 0 Å². The van der Waals surface area contributed by atoms with E-state index in [9.17, 15) is 4.79 Å². The fourth-order valence-corrected chi connectivity index (χ4v) is 2.77. The van der Waals surface area contributed by atoms with Crippen LogP contribution in [0.1, 0.15) is 18.5 Å². The number of carbonyl (C=O) groups excluding carboxylic acids is 1. The smallest absolute Gasteiger partial charge is 0.240 e. The molecule has 6 nitrogen and oxygen atoms in total. The van der Waals surface area contributed by atoms with Crippen molar-refractivity contribution in [2.24, 2.45) is 11.5 Å². The summed E-state index contributed by atoms with van der Waals surface area (Å²) in [5.41, 5.74) is 13.1. The summed E-state index contributed by atoms with van der Waals surface area (Å²) in [6.07, 6.45) is 3.67. The molecule has 2 aromatic rings. The van der Waals surface area contributed by atoms with Gasteiger partial charge in [-0.2, -0.15) is 0 Å². The van der Waals surface area contributed by atoms with Crippen molar-refractivity contribution in [1.82, 2.24) is 9.38 Å². The van der Waals surface area contributed by atoms with Crippen LogP contribution in [0.25, 0.3) is 5.65 Å². The molecule has 0 spiro atoms. The van der Waals surface area contributed by atoms with Crippen molar-refractivity contribution in [1.29, 1.82) is 0 Å². The van der Waals surface area contributed by atoms with Crippen LogP contribution in [0.2, 0.25) is 0 Å². The highest BCUT2D eigenvalue weighted by molar-refractivity contribution is 5.84. The fourth-order valence-electron chi connectivity index (χ4n) is 2.77. The van der Waals surface area contributed by atoms with Crippen LogP contribution in [0.5, 0.6) is 0 Å². The van der Waals surface area contributed by atoms with Crippen molar-refractivity contribution >= 4 is 17.4 Å². The van der Waals surface area contributed by atoms with Crippen molar-refractivity contribution in [3.8, 4) is 0 Å². The van der Waals surface area contributed by atoms with E-state index in [0.717, 1.165) is 36.5 Å². The molecular formula is C13H17N5O. The summed E-state index contributed by atoms with van der Waals surface area (Å²) < 4.78 is 1.96. The van der Waals surface area contributed by atoms with Crippen molar-refractivity contribution < 1.29 is 4.79 Å². The van der Waals surface area contributed by atoms with Gasteiger partial charge in [-0.3, -0.25) is 4.79 Å². The summed E-state index contributed by atoms with van der Waals surface area (Å²) in [5, 5.41) is 0. The van der Waals surface area contributed by atoms with Crippen molar-refractivity contribution in [3.63, 3.8) is 0 Å². The summed E-state index contributed by atoms with van der Waals surface area (Å²) >= 11 is 0. The van der Waals surface area contributed by atoms with Crippen LogP contribution < -0.4 is 16.4 Å². The molecule has 19 heavy (non-hydrogen) atoms. The van der Waals surface area contributed by atoms with Crippen LogP contribution in [0, 0.1) is 0 Å². The number of pyridine rings is 1. The van der Waals surface area contributed by atoms with E-state index in [1.54, 1.807) is 0 Å². The van der Waals surface area contributed by atoms with Gasteiger partial charge in [0.15, 0.2) is 5.82 Å². The van der Waals surface area contributed by atoms with Crippen LogP contribution in [0.4, 0.5) is 5.82 Å². The lowest BCUT2D eigenvalue weighted by Crippen LogP contribution is -2.41. The summed E-state index contributed by atoms with van der Waals surface area (Å²) in [6, 6.07) is 5.53. The van der Waals surface area contributed by atoms with Gasteiger partial charge in [0, 0.05) is 19.3 Å². The normalized spacial score (nSPS) is 19.2. The highest BCUT2D eigenvalue weighted by Crippen LogP contribution is 2.28. The third-order valence-electron chi connectivity index (χ3n) is 3.65. The van der Waals surface area contributed by atoms with E-state index < -0.39 is 0 Å². The standard InChI is InChI=1S/C13H17N5O/c14-8-10-13(16-11-5-1-2-6-17(10)11)18-7-3-4-9(18)12(15)19/h1-2,5-6,9H,3-4,7-8,14H2,(H2,15,19). The van der Waals surface area contributed by atoms with Gasteiger partial charge in [-0.1, -0.05) is 6.07 Å². The van der Waals surface area contributed by atoms with E-state index in [1.165, 1.54) is 0 Å². The Kier molecular flexibility index (Phi) is 2.87.